The van der Waals surface area contributed by atoms with E-state index in [1.54, 1.807) is 4.90 Å². The van der Waals surface area contributed by atoms with E-state index in [0.717, 1.165) is 34.8 Å². The summed E-state index contributed by atoms with van der Waals surface area (Å²) in [5.41, 5.74) is 3.24. The molecule has 0 saturated carbocycles. The van der Waals surface area contributed by atoms with Gasteiger partial charge in [-0.1, -0.05) is 42.4 Å². The minimum absolute atomic E-state index is 0.0513. The van der Waals surface area contributed by atoms with Crippen LogP contribution in [0.1, 0.15) is 26.7 Å². The van der Waals surface area contributed by atoms with Gasteiger partial charge < -0.3 is 14.8 Å². The van der Waals surface area contributed by atoms with Gasteiger partial charge in [0.15, 0.2) is 5.16 Å². The van der Waals surface area contributed by atoms with Crippen LogP contribution in [0, 0.1) is 0 Å². The van der Waals surface area contributed by atoms with E-state index in [1.165, 1.54) is 11.8 Å². The van der Waals surface area contributed by atoms with Gasteiger partial charge in [0.25, 0.3) is 0 Å². The Morgan fingerprint density at radius 1 is 1.30 bits per heavy atom. The zero-order valence-corrected chi connectivity index (χ0v) is 18.5. The topological polar surface area (TPSA) is 67.2 Å². The summed E-state index contributed by atoms with van der Waals surface area (Å²) >= 11 is 7.54. The van der Waals surface area contributed by atoms with Crippen molar-refractivity contribution in [3.63, 3.8) is 0 Å². The summed E-state index contributed by atoms with van der Waals surface area (Å²) in [5.74, 6) is 0.0947. The molecule has 0 aliphatic carbocycles. The van der Waals surface area contributed by atoms with Crippen LogP contribution in [0.3, 0.4) is 0 Å². The first-order valence-corrected chi connectivity index (χ1v) is 11.3. The van der Waals surface area contributed by atoms with Crippen molar-refractivity contribution < 1.29 is 9.59 Å². The number of para-hydroxylation sites is 2. The van der Waals surface area contributed by atoms with Crippen LogP contribution >= 0.6 is 23.4 Å². The van der Waals surface area contributed by atoms with Gasteiger partial charge in [-0.25, -0.2) is 4.98 Å². The molecule has 0 spiro atoms. The summed E-state index contributed by atoms with van der Waals surface area (Å²) in [6, 6.07) is 12.9. The van der Waals surface area contributed by atoms with Gasteiger partial charge in [-0.2, -0.15) is 0 Å². The van der Waals surface area contributed by atoms with Crippen molar-refractivity contribution in [3.8, 4) is 0 Å². The van der Waals surface area contributed by atoms with Crippen LogP contribution < -0.4 is 10.2 Å². The van der Waals surface area contributed by atoms with Gasteiger partial charge in [0, 0.05) is 24.0 Å². The number of amides is 2. The second kappa shape index (κ2) is 8.70. The first-order chi connectivity index (χ1) is 14.5. The molecule has 2 amide bonds. The third kappa shape index (κ3) is 4.04. The van der Waals surface area contributed by atoms with E-state index in [1.807, 2.05) is 49.4 Å². The van der Waals surface area contributed by atoms with Gasteiger partial charge in [-0.05, 0) is 43.7 Å². The molecule has 1 N–H and O–H groups in total. The fourth-order valence-corrected chi connectivity index (χ4v) is 4.86. The molecule has 156 valence electrons. The van der Waals surface area contributed by atoms with Crippen molar-refractivity contribution in [2.45, 2.75) is 44.4 Å². The van der Waals surface area contributed by atoms with Gasteiger partial charge in [0.2, 0.25) is 11.8 Å². The molecule has 0 saturated heterocycles. The number of nitrogens with zero attached hydrogens (tertiary/aromatic N) is 3. The van der Waals surface area contributed by atoms with Gasteiger partial charge in [0.1, 0.15) is 0 Å². The predicted molar refractivity (Wildman–Crippen MR) is 122 cm³/mol. The molecule has 4 rings (SSSR count). The van der Waals surface area contributed by atoms with Gasteiger partial charge in [0.05, 0.1) is 28.2 Å². The molecule has 3 aromatic rings. The summed E-state index contributed by atoms with van der Waals surface area (Å²) in [4.78, 5) is 31.9. The Labute approximate surface area is 184 Å². The normalized spacial score (nSPS) is 16.3. The summed E-state index contributed by atoms with van der Waals surface area (Å²) in [6.45, 7) is 4.83. The number of aryl methyl sites for hydroxylation is 1. The molecule has 30 heavy (non-hydrogen) atoms. The zero-order chi connectivity index (χ0) is 21.3. The SMILES string of the molecule is CCCn1c(SCC(=O)N2c3ccccc3NC(=O)CC2C)nc2cc(Cl)ccc21. The van der Waals surface area contributed by atoms with Crippen molar-refractivity contribution in [3.05, 3.63) is 47.5 Å². The number of halogens is 1. The maximum absolute atomic E-state index is 13.3. The lowest BCUT2D eigenvalue weighted by molar-refractivity contribution is -0.117. The first-order valence-electron chi connectivity index (χ1n) is 9.97. The molecule has 2 aromatic carbocycles. The van der Waals surface area contributed by atoms with Crippen LogP contribution in [0.2, 0.25) is 5.02 Å². The van der Waals surface area contributed by atoms with Crippen LogP contribution in [0.15, 0.2) is 47.6 Å². The molecule has 6 nitrogen and oxygen atoms in total. The first kappa shape index (κ1) is 20.8. The van der Waals surface area contributed by atoms with E-state index in [9.17, 15) is 9.59 Å². The molecule has 0 bridgehead atoms. The van der Waals surface area contributed by atoms with Crippen LogP contribution in [-0.2, 0) is 16.1 Å². The van der Waals surface area contributed by atoms with Crippen molar-refractivity contribution >= 4 is 57.6 Å². The van der Waals surface area contributed by atoms with Gasteiger partial charge in [-0.3, -0.25) is 9.59 Å². The number of anilines is 2. The molecule has 1 aliphatic heterocycles. The van der Waals surface area contributed by atoms with Crippen LogP contribution in [0.25, 0.3) is 11.0 Å². The largest absolute Gasteiger partial charge is 0.324 e. The zero-order valence-electron chi connectivity index (χ0n) is 16.9. The number of nitrogens with one attached hydrogen (secondary N) is 1. The maximum atomic E-state index is 13.3. The van der Waals surface area contributed by atoms with E-state index in [2.05, 4.69) is 16.8 Å². The molecule has 0 fully saturated rings. The standard InChI is InChI=1S/C22H23ClN4O2S/c1-3-10-26-18-9-8-15(23)12-17(18)25-22(26)30-13-21(29)27-14(2)11-20(28)24-16-6-4-5-7-19(16)27/h4-9,12,14H,3,10-11,13H2,1-2H3,(H,24,28). The lowest BCUT2D eigenvalue weighted by atomic mass is 10.2. The lowest BCUT2D eigenvalue weighted by Gasteiger charge is -2.27. The maximum Gasteiger partial charge on any atom is 0.237 e. The Hall–Kier alpha value is -2.51. The molecular weight excluding hydrogens is 420 g/mol. The number of aromatic nitrogens is 2. The monoisotopic (exact) mass is 442 g/mol. The third-order valence-electron chi connectivity index (χ3n) is 5.08. The van der Waals surface area contributed by atoms with E-state index in [-0.39, 0.29) is 30.0 Å². The van der Waals surface area contributed by atoms with Crippen molar-refractivity contribution in [1.82, 2.24) is 9.55 Å². The average molecular weight is 443 g/mol. The number of fused-ring (bicyclic) bond motifs is 2. The number of carbonyl (C=O) groups is 2. The molecule has 8 heteroatoms. The quantitative estimate of drug-likeness (QED) is 0.567. The van der Waals surface area contributed by atoms with Crippen LogP contribution in [0.4, 0.5) is 11.4 Å². The predicted octanol–water partition coefficient (Wildman–Crippen LogP) is 4.96. The number of imidazole rings is 1. The van der Waals surface area contributed by atoms with E-state index in [4.69, 9.17) is 16.6 Å². The minimum Gasteiger partial charge on any atom is -0.324 e. The lowest BCUT2D eigenvalue weighted by Crippen LogP contribution is -2.40. The van der Waals surface area contributed by atoms with Gasteiger partial charge in [-0.15, -0.1) is 0 Å². The average Bonchev–Trinajstić information content (AvgIpc) is 2.97. The van der Waals surface area contributed by atoms with Crippen LogP contribution in [0.5, 0.6) is 0 Å². The molecule has 1 atom stereocenters. The Morgan fingerprint density at radius 2 is 2.10 bits per heavy atom. The minimum atomic E-state index is -0.227. The number of thioether (sulfide) groups is 1. The second-order valence-electron chi connectivity index (χ2n) is 7.35. The molecular formula is C22H23ClN4O2S. The van der Waals surface area contributed by atoms with E-state index in [0.29, 0.717) is 10.7 Å². The molecule has 0 radical (unpaired) electrons. The number of hydrogen-bond donors (Lipinski definition) is 1. The molecule has 1 aliphatic rings. The fraction of sp³-hybridized carbons (Fsp3) is 0.318. The Morgan fingerprint density at radius 3 is 2.90 bits per heavy atom. The summed E-state index contributed by atoms with van der Waals surface area (Å²) in [7, 11) is 0. The highest BCUT2D eigenvalue weighted by Gasteiger charge is 2.29. The third-order valence-corrected chi connectivity index (χ3v) is 6.27. The summed E-state index contributed by atoms with van der Waals surface area (Å²) in [5, 5.41) is 4.33. The highest BCUT2D eigenvalue weighted by molar-refractivity contribution is 7.99. The molecule has 1 unspecified atom stereocenters. The van der Waals surface area contributed by atoms with Crippen molar-refractivity contribution in [2.75, 3.05) is 16.0 Å². The van der Waals surface area contributed by atoms with Crippen LogP contribution in [-0.4, -0.2) is 33.2 Å². The fourth-order valence-electron chi connectivity index (χ4n) is 3.79. The highest BCUT2D eigenvalue weighted by atomic mass is 35.5. The number of rotatable bonds is 5. The Balaban J connectivity index is 1.60. The molecule has 1 aromatic heterocycles. The Bertz CT molecular complexity index is 1110. The number of hydrogen-bond acceptors (Lipinski definition) is 4. The highest BCUT2D eigenvalue weighted by Crippen LogP contribution is 2.33. The van der Waals surface area contributed by atoms with Crippen molar-refractivity contribution in [1.29, 1.82) is 0 Å². The number of carbonyl (C=O) groups excluding carboxylic acids is 2. The smallest absolute Gasteiger partial charge is 0.237 e. The van der Waals surface area contributed by atoms with E-state index >= 15 is 0 Å². The van der Waals surface area contributed by atoms with Crippen molar-refractivity contribution in [2.24, 2.45) is 0 Å². The second-order valence-corrected chi connectivity index (χ2v) is 8.73. The Kier molecular flexibility index (Phi) is 6.01. The summed E-state index contributed by atoms with van der Waals surface area (Å²) in [6.07, 6.45) is 1.22. The van der Waals surface area contributed by atoms with E-state index < -0.39 is 0 Å². The number of benzene rings is 2. The molecule has 2 heterocycles. The summed E-state index contributed by atoms with van der Waals surface area (Å²) < 4.78 is 2.13. The van der Waals surface area contributed by atoms with Gasteiger partial charge >= 0.3 is 0 Å².